The van der Waals surface area contributed by atoms with E-state index in [1.807, 2.05) is 50.2 Å². The summed E-state index contributed by atoms with van der Waals surface area (Å²) in [5, 5.41) is 8.90. The summed E-state index contributed by atoms with van der Waals surface area (Å²) < 4.78 is 21.1. The Hall–Kier alpha value is -3.34. The molecule has 3 rings (SSSR count). The maximum Gasteiger partial charge on any atom is 0.273 e. The van der Waals surface area contributed by atoms with E-state index in [1.165, 1.54) is 14.2 Å². The lowest BCUT2D eigenvalue weighted by Crippen LogP contribution is -2.29. The van der Waals surface area contributed by atoms with Crippen LogP contribution >= 0.6 is 18.5 Å². The van der Waals surface area contributed by atoms with Crippen LogP contribution in [0.2, 0.25) is 0 Å². The fourth-order valence-corrected chi connectivity index (χ4v) is 4.22. The molecule has 0 aliphatic heterocycles. The van der Waals surface area contributed by atoms with E-state index in [2.05, 4.69) is 34.1 Å². The molecule has 0 saturated carbocycles. The third-order valence-corrected chi connectivity index (χ3v) is 6.37. The minimum Gasteiger partial charge on any atom is -0.457 e. The van der Waals surface area contributed by atoms with Crippen LogP contribution in [0.1, 0.15) is 40.3 Å². The number of aryl methyl sites for hydroxylation is 2. The molecule has 0 radical (unpaired) electrons. The third-order valence-electron chi connectivity index (χ3n) is 5.75. The Kier molecular flexibility index (Phi) is 9.96. The van der Waals surface area contributed by atoms with Gasteiger partial charge in [-0.25, -0.2) is 4.39 Å². The first-order chi connectivity index (χ1) is 18.0. The lowest BCUT2D eigenvalue weighted by molar-refractivity contribution is -0.114. The molecule has 0 aromatic heterocycles. The highest BCUT2D eigenvalue weighted by molar-refractivity contribution is 7.38. The lowest BCUT2D eigenvalue weighted by atomic mass is 9.98. The van der Waals surface area contributed by atoms with Gasteiger partial charge in [-0.2, -0.15) is 0 Å². The van der Waals surface area contributed by atoms with Gasteiger partial charge in [-0.15, -0.1) is 0 Å². The van der Waals surface area contributed by atoms with Crippen LogP contribution in [0.15, 0.2) is 71.0 Å². The van der Waals surface area contributed by atoms with Crippen molar-refractivity contribution in [2.24, 2.45) is 10.3 Å². The summed E-state index contributed by atoms with van der Waals surface area (Å²) in [6, 6.07) is 18.3. The monoisotopic (exact) mass is 555 g/mol. The summed E-state index contributed by atoms with van der Waals surface area (Å²) >= 11 is 0. The minimum absolute atomic E-state index is 0.0611. The second kappa shape index (κ2) is 12.9. The summed E-state index contributed by atoms with van der Waals surface area (Å²) in [4.78, 5) is 23.0. The van der Waals surface area contributed by atoms with Crippen LogP contribution in [-0.4, -0.2) is 31.5 Å². The molecule has 2 atom stereocenters. The van der Waals surface area contributed by atoms with Crippen molar-refractivity contribution in [3.8, 4) is 11.5 Å². The molecule has 10 heteroatoms. The number of rotatable bonds is 10. The summed E-state index contributed by atoms with van der Waals surface area (Å²) in [6.45, 7) is 5.69. The highest BCUT2D eigenvalue weighted by Crippen LogP contribution is 2.43. The van der Waals surface area contributed by atoms with Crippen molar-refractivity contribution in [3.05, 3.63) is 94.0 Å². The zero-order chi connectivity index (χ0) is 27.9. The Morgan fingerprint density at radius 3 is 2.32 bits per heavy atom. The molecule has 200 valence electrons. The van der Waals surface area contributed by atoms with E-state index >= 15 is 4.39 Å². The van der Waals surface area contributed by atoms with Crippen LogP contribution in [0.5, 0.6) is 11.5 Å². The van der Waals surface area contributed by atoms with E-state index in [-0.39, 0.29) is 12.3 Å². The van der Waals surface area contributed by atoms with E-state index < -0.39 is 11.1 Å². The Bertz CT molecular complexity index is 1350. The average Bonchev–Trinajstić information content (AvgIpc) is 2.88. The predicted molar refractivity (Wildman–Crippen MR) is 156 cm³/mol. The number of ether oxygens (including phenoxy) is 1. The molecule has 0 spiro atoms. The van der Waals surface area contributed by atoms with Crippen LogP contribution in [0.3, 0.4) is 0 Å². The van der Waals surface area contributed by atoms with E-state index in [9.17, 15) is 4.79 Å². The van der Waals surface area contributed by atoms with E-state index in [4.69, 9.17) is 14.4 Å². The van der Waals surface area contributed by atoms with Gasteiger partial charge in [-0.1, -0.05) is 64.7 Å². The number of oxime groups is 2. The molecular formula is C28H32FN3O4P2. The van der Waals surface area contributed by atoms with Crippen LogP contribution in [0.25, 0.3) is 0 Å². The van der Waals surface area contributed by atoms with Gasteiger partial charge in [0.2, 0.25) is 0 Å². The van der Waals surface area contributed by atoms with Crippen LogP contribution < -0.4 is 10.1 Å². The Morgan fingerprint density at radius 2 is 1.68 bits per heavy atom. The summed E-state index contributed by atoms with van der Waals surface area (Å²) in [7, 11) is 7.26. The number of halogens is 1. The fraction of sp³-hybridized carbons (Fsp3) is 0.250. The second-order valence-corrected chi connectivity index (χ2v) is 11.0. The van der Waals surface area contributed by atoms with Gasteiger partial charge in [-0.05, 0) is 56.7 Å². The Morgan fingerprint density at radius 1 is 1.00 bits per heavy atom. The van der Waals surface area contributed by atoms with Gasteiger partial charge in [0.1, 0.15) is 25.2 Å². The molecule has 38 heavy (non-hydrogen) atoms. The SMILES string of the molecule is CNC(=O)/C(=N/OC)c1cccc(C)c1CO/N=C(\C)c1ccc(Oc2ccc(C)cc2)cc1C(F)(P)P. The molecule has 0 fully saturated rings. The summed E-state index contributed by atoms with van der Waals surface area (Å²) in [5.41, 5.74) is 4.81. The van der Waals surface area contributed by atoms with Crippen molar-refractivity contribution in [2.45, 2.75) is 32.5 Å². The molecule has 0 aliphatic rings. The molecular weight excluding hydrogens is 523 g/mol. The molecule has 0 bridgehead atoms. The highest BCUT2D eigenvalue weighted by atomic mass is 31.1. The molecule has 3 aromatic carbocycles. The molecule has 1 N–H and O–H groups in total. The third kappa shape index (κ3) is 7.37. The Labute approximate surface area is 227 Å². The van der Waals surface area contributed by atoms with Crippen molar-refractivity contribution in [3.63, 3.8) is 0 Å². The number of likely N-dealkylation sites (N-methyl/N-ethyl adjacent to an activating group) is 1. The quantitative estimate of drug-likeness (QED) is 0.190. The maximum atomic E-state index is 15.2. The van der Waals surface area contributed by atoms with Gasteiger partial charge in [0.15, 0.2) is 10.9 Å². The minimum atomic E-state index is -1.82. The first-order valence-electron chi connectivity index (χ1n) is 11.8. The number of nitrogens with zero attached hydrogens (tertiary/aromatic N) is 2. The fourth-order valence-electron chi connectivity index (χ4n) is 3.74. The number of carbonyl (C=O) groups excluding carboxylic acids is 1. The molecule has 0 aliphatic carbocycles. The molecule has 2 unspecified atom stereocenters. The van der Waals surface area contributed by atoms with Gasteiger partial charge < -0.3 is 19.7 Å². The van der Waals surface area contributed by atoms with Crippen LogP contribution in [0.4, 0.5) is 4.39 Å². The predicted octanol–water partition coefficient (Wildman–Crippen LogP) is 5.96. The average molecular weight is 556 g/mol. The van der Waals surface area contributed by atoms with Crippen molar-refractivity contribution < 1.29 is 23.6 Å². The van der Waals surface area contributed by atoms with Gasteiger partial charge in [-0.3, -0.25) is 4.79 Å². The lowest BCUT2D eigenvalue weighted by Gasteiger charge is -2.20. The Balaban J connectivity index is 1.88. The van der Waals surface area contributed by atoms with Gasteiger partial charge in [0.25, 0.3) is 5.91 Å². The molecule has 3 aromatic rings. The van der Waals surface area contributed by atoms with Crippen molar-refractivity contribution in [1.82, 2.24) is 5.32 Å². The zero-order valence-electron chi connectivity index (χ0n) is 22.0. The topological polar surface area (TPSA) is 81.5 Å². The number of hydrogen-bond donors (Lipinski definition) is 1. The van der Waals surface area contributed by atoms with Crippen molar-refractivity contribution in [1.29, 1.82) is 0 Å². The van der Waals surface area contributed by atoms with Crippen LogP contribution in [0, 0.1) is 13.8 Å². The van der Waals surface area contributed by atoms with E-state index in [0.29, 0.717) is 33.9 Å². The normalized spacial score (nSPS) is 12.2. The first kappa shape index (κ1) is 29.2. The standard InChI is InChI=1S/C28H32FN3O4P2/c1-17-9-11-20(12-10-17)36-21-13-14-22(25(15-21)28(29,37)38)19(3)31-35-16-24-18(2)7-6-8-23(24)26(32-34-5)27(33)30-4/h6-15H,16,37-38H2,1-5H3,(H,30,33)/b31-19+,32-26+. The van der Waals surface area contributed by atoms with Gasteiger partial charge >= 0.3 is 0 Å². The number of nitrogens with one attached hydrogen (secondary N) is 1. The highest BCUT2D eigenvalue weighted by Gasteiger charge is 2.25. The van der Waals surface area contributed by atoms with E-state index in [0.717, 1.165) is 16.7 Å². The number of hydrogen-bond acceptors (Lipinski definition) is 6. The zero-order valence-corrected chi connectivity index (χ0v) is 24.4. The molecule has 0 heterocycles. The van der Waals surface area contributed by atoms with Gasteiger partial charge in [0, 0.05) is 29.3 Å². The molecule has 7 nitrogen and oxygen atoms in total. The first-order valence-corrected chi connectivity index (χ1v) is 12.9. The number of amides is 1. The molecule has 1 amide bonds. The van der Waals surface area contributed by atoms with Crippen molar-refractivity contribution in [2.75, 3.05) is 14.2 Å². The van der Waals surface area contributed by atoms with Crippen molar-refractivity contribution >= 4 is 35.8 Å². The maximum absolute atomic E-state index is 15.2. The largest absolute Gasteiger partial charge is 0.457 e. The smallest absolute Gasteiger partial charge is 0.273 e. The number of alkyl halides is 1. The second-order valence-electron chi connectivity index (χ2n) is 8.64. The van der Waals surface area contributed by atoms with E-state index in [1.54, 1.807) is 31.2 Å². The van der Waals surface area contributed by atoms with Crippen LogP contribution in [-0.2, 0) is 26.2 Å². The summed E-state index contributed by atoms with van der Waals surface area (Å²) in [5.74, 6) is 0.760. The number of benzene rings is 3. The van der Waals surface area contributed by atoms with Gasteiger partial charge in [0.05, 0.1) is 5.71 Å². The molecule has 0 saturated heterocycles. The number of carbonyl (C=O) groups is 1. The summed E-state index contributed by atoms with van der Waals surface area (Å²) in [6.07, 6.45) is 0.